The van der Waals surface area contributed by atoms with Gasteiger partial charge in [0.1, 0.15) is 0 Å². The molecule has 0 amide bonds. The summed E-state index contributed by atoms with van der Waals surface area (Å²) in [4.78, 5) is 4.15. The molecular weight excluding hydrogens is 341 g/mol. The normalized spacial score (nSPS) is 10.2. The van der Waals surface area contributed by atoms with Gasteiger partial charge < -0.3 is 10.6 Å². The van der Waals surface area contributed by atoms with Crippen molar-refractivity contribution in [2.75, 3.05) is 31.1 Å². The zero-order chi connectivity index (χ0) is 11.7. The lowest BCUT2D eigenvalue weighted by Crippen LogP contribution is -2.37. The van der Waals surface area contributed by atoms with Crippen LogP contribution in [-0.4, -0.2) is 45.5 Å². The molecule has 0 aliphatic heterocycles. The number of nitrogens with one attached hydrogen (secondary N) is 2. The zero-order valence-electron chi connectivity index (χ0n) is 10.1. The Labute approximate surface area is 115 Å². The third-order valence-electron chi connectivity index (χ3n) is 1.80. The van der Waals surface area contributed by atoms with Crippen LogP contribution in [-0.2, 0) is 9.84 Å². The Morgan fingerprint density at radius 2 is 1.62 bits per heavy atom. The minimum absolute atomic E-state index is 0. The second-order valence-electron chi connectivity index (χ2n) is 3.03. The van der Waals surface area contributed by atoms with Crippen molar-refractivity contribution in [2.24, 2.45) is 4.99 Å². The second kappa shape index (κ2) is 10.1. The van der Waals surface area contributed by atoms with Gasteiger partial charge in [0.15, 0.2) is 15.8 Å². The van der Waals surface area contributed by atoms with E-state index in [1.54, 1.807) is 6.92 Å². The molecule has 0 spiro atoms. The van der Waals surface area contributed by atoms with E-state index in [2.05, 4.69) is 15.6 Å². The minimum atomic E-state index is -2.91. The average molecular weight is 363 g/mol. The van der Waals surface area contributed by atoms with Crippen LogP contribution in [0.3, 0.4) is 0 Å². The van der Waals surface area contributed by atoms with E-state index >= 15 is 0 Å². The van der Waals surface area contributed by atoms with Crippen LogP contribution in [0, 0.1) is 0 Å². The summed E-state index contributed by atoms with van der Waals surface area (Å²) < 4.78 is 22.4. The number of nitrogens with zero attached hydrogens (tertiary/aromatic N) is 1. The molecule has 0 fully saturated rings. The molecule has 16 heavy (non-hydrogen) atoms. The van der Waals surface area contributed by atoms with E-state index in [0.717, 1.165) is 13.1 Å². The van der Waals surface area contributed by atoms with Crippen molar-refractivity contribution in [3.63, 3.8) is 0 Å². The summed E-state index contributed by atoms with van der Waals surface area (Å²) in [7, 11) is -2.91. The van der Waals surface area contributed by atoms with Gasteiger partial charge in [0.05, 0.1) is 12.3 Å². The summed E-state index contributed by atoms with van der Waals surface area (Å²) in [5.41, 5.74) is 0. The van der Waals surface area contributed by atoms with Crippen molar-refractivity contribution in [3.8, 4) is 0 Å². The van der Waals surface area contributed by atoms with E-state index in [-0.39, 0.29) is 35.5 Å². The molecule has 0 atom stereocenters. The SMILES string of the molecule is CCNC(=NCCS(=O)(=O)CC)NCC.I. The van der Waals surface area contributed by atoms with Crippen molar-refractivity contribution >= 4 is 39.8 Å². The van der Waals surface area contributed by atoms with Crippen molar-refractivity contribution in [2.45, 2.75) is 20.8 Å². The van der Waals surface area contributed by atoms with E-state index < -0.39 is 9.84 Å². The summed E-state index contributed by atoms with van der Waals surface area (Å²) in [6.07, 6.45) is 0. The maximum atomic E-state index is 11.2. The highest BCUT2D eigenvalue weighted by atomic mass is 127. The first kappa shape index (κ1) is 18.3. The average Bonchev–Trinajstić information content (AvgIpc) is 2.18. The van der Waals surface area contributed by atoms with Gasteiger partial charge in [-0.15, -0.1) is 24.0 Å². The topological polar surface area (TPSA) is 70.6 Å². The Morgan fingerprint density at radius 3 is 2.00 bits per heavy atom. The van der Waals surface area contributed by atoms with Gasteiger partial charge in [0.25, 0.3) is 0 Å². The molecule has 7 heteroatoms. The highest BCUT2D eigenvalue weighted by Gasteiger charge is 2.05. The Balaban J connectivity index is 0. The lowest BCUT2D eigenvalue weighted by atomic mass is 10.6. The smallest absolute Gasteiger partial charge is 0.191 e. The van der Waals surface area contributed by atoms with Gasteiger partial charge in [0.2, 0.25) is 0 Å². The lowest BCUT2D eigenvalue weighted by molar-refractivity contribution is 0.597. The molecular formula is C9H22IN3O2S. The minimum Gasteiger partial charge on any atom is -0.357 e. The standard InChI is InChI=1S/C9H21N3O2S.HI/c1-4-10-9(11-5-2)12-7-8-15(13,14)6-3;/h4-8H2,1-3H3,(H2,10,11,12);1H. The highest BCUT2D eigenvalue weighted by molar-refractivity contribution is 14.0. The van der Waals surface area contributed by atoms with E-state index in [1.807, 2.05) is 13.8 Å². The molecule has 0 unspecified atom stereocenters. The highest BCUT2D eigenvalue weighted by Crippen LogP contribution is 1.89. The largest absolute Gasteiger partial charge is 0.357 e. The first-order valence-electron chi connectivity index (χ1n) is 5.28. The molecule has 0 aromatic rings. The van der Waals surface area contributed by atoms with Crippen LogP contribution in [0.5, 0.6) is 0 Å². The summed E-state index contributed by atoms with van der Waals surface area (Å²) in [6.45, 7) is 7.43. The molecule has 0 saturated carbocycles. The van der Waals surface area contributed by atoms with Gasteiger partial charge in [-0.3, -0.25) is 4.99 Å². The fraction of sp³-hybridized carbons (Fsp3) is 0.889. The maximum Gasteiger partial charge on any atom is 0.191 e. The van der Waals surface area contributed by atoms with E-state index in [1.165, 1.54) is 0 Å². The second-order valence-corrected chi connectivity index (χ2v) is 5.50. The van der Waals surface area contributed by atoms with Crippen LogP contribution < -0.4 is 10.6 Å². The number of aliphatic imine (C=N–C) groups is 1. The summed E-state index contributed by atoms with van der Waals surface area (Å²) >= 11 is 0. The van der Waals surface area contributed by atoms with Crippen LogP contribution in [0.4, 0.5) is 0 Å². The van der Waals surface area contributed by atoms with E-state index in [4.69, 9.17) is 0 Å². The number of sulfone groups is 1. The summed E-state index contributed by atoms with van der Waals surface area (Å²) in [6, 6.07) is 0. The zero-order valence-corrected chi connectivity index (χ0v) is 13.3. The van der Waals surface area contributed by atoms with Gasteiger partial charge in [-0.2, -0.15) is 0 Å². The van der Waals surface area contributed by atoms with Gasteiger partial charge >= 0.3 is 0 Å². The Bertz CT molecular complexity index is 283. The van der Waals surface area contributed by atoms with Crippen LogP contribution in [0.25, 0.3) is 0 Å². The number of rotatable bonds is 6. The molecule has 0 radical (unpaired) electrons. The number of guanidine groups is 1. The Morgan fingerprint density at radius 1 is 1.12 bits per heavy atom. The molecule has 0 heterocycles. The third-order valence-corrected chi connectivity index (χ3v) is 3.48. The van der Waals surface area contributed by atoms with Gasteiger partial charge in [-0.05, 0) is 13.8 Å². The first-order valence-corrected chi connectivity index (χ1v) is 7.10. The van der Waals surface area contributed by atoms with Crippen LogP contribution >= 0.6 is 24.0 Å². The van der Waals surface area contributed by atoms with Crippen LogP contribution in [0.15, 0.2) is 4.99 Å². The number of hydrogen-bond acceptors (Lipinski definition) is 3. The van der Waals surface area contributed by atoms with Gasteiger partial charge in [-0.25, -0.2) is 8.42 Å². The molecule has 0 bridgehead atoms. The quantitative estimate of drug-likeness (QED) is 0.412. The number of halogens is 1. The Hall–Kier alpha value is -0.0500. The molecule has 0 aliphatic rings. The third kappa shape index (κ3) is 9.20. The fourth-order valence-corrected chi connectivity index (χ4v) is 1.61. The van der Waals surface area contributed by atoms with Gasteiger partial charge in [-0.1, -0.05) is 6.92 Å². The van der Waals surface area contributed by atoms with Crippen molar-refractivity contribution < 1.29 is 8.42 Å². The molecule has 0 aliphatic carbocycles. The predicted octanol–water partition coefficient (Wildman–Crippen LogP) is 0.614. The molecule has 0 aromatic carbocycles. The molecule has 0 rings (SSSR count). The summed E-state index contributed by atoms with van der Waals surface area (Å²) in [5.74, 6) is 0.968. The number of hydrogen-bond donors (Lipinski definition) is 2. The first-order chi connectivity index (χ1) is 7.05. The molecule has 2 N–H and O–H groups in total. The monoisotopic (exact) mass is 363 g/mol. The van der Waals surface area contributed by atoms with Crippen LogP contribution in [0.1, 0.15) is 20.8 Å². The van der Waals surface area contributed by atoms with Crippen molar-refractivity contribution in [3.05, 3.63) is 0 Å². The maximum absolute atomic E-state index is 11.2. The molecule has 98 valence electrons. The fourth-order valence-electron chi connectivity index (χ4n) is 0.950. The van der Waals surface area contributed by atoms with Gasteiger partial charge in [0, 0.05) is 18.8 Å². The predicted molar refractivity (Wildman–Crippen MR) is 79.4 cm³/mol. The molecule has 0 aromatic heterocycles. The van der Waals surface area contributed by atoms with E-state index in [9.17, 15) is 8.42 Å². The van der Waals surface area contributed by atoms with E-state index in [0.29, 0.717) is 12.5 Å². The lowest BCUT2D eigenvalue weighted by Gasteiger charge is -2.08. The summed E-state index contributed by atoms with van der Waals surface area (Å²) in [5, 5.41) is 6.06. The van der Waals surface area contributed by atoms with Crippen molar-refractivity contribution in [1.82, 2.24) is 10.6 Å². The van der Waals surface area contributed by atoms with Crippen molar-refractivity contribution in [1.29, 1.82) is 0 Å². The molecule has 5 nitrogen and oxygen atoms in total. The Kier molecular flexibility index (Phi) is 11.6. The van der Waals surface area contributed by atoms with Crippen LogP contribution in [0.2, 0.25) is 0 Å². The molecule has 0 saturated heterocycles.